The molecule has 0 aromatic heterocycles. The fourth-order valence-electron chi connectivity index (χ4n) is 3.80. The summed E-state index contributed by atoms with van der Waals surface area (Å²) >= 11 is 0. The van der Waals surface area contributed by atoms with Gasteiger partial charge in [-0.05, 0) is 68.7 Å². The molecule has 32 heavy (non-hydrogen) atoms. The molecule has 1 heterocycles. The van der Waals surface area contributed by atoms with Crippen molar-refractivity contribution < 1.29 is 13.2 Å². The summed E-state index contributed by atoms with van der Waals surface area (Å²) in [4.78, 5) is 15.0. The molecule has 0 spiro atoms. The Morgan fingerprint density at radius 2 is 1.56 bits per heavy atom. The van der Waals surface area contributed by atoms with E-state index in [9.17, 15) is 13.2 Å². The lowest BCUT2D eigenvalue weighted by molar-refractivity contribution is -0.116. The minimum Gasteiger partial charge on any atom is -0.378 e. The summed E-state index contributed by atoms with van der Waals surface area (Å²) in [6.45, 7) is 4.68. The van der Waals surface area contributed by atoms with Gasteiger partial charge in [0.2, 0.25) is 15.9 Å². The molecule has 0 bridgehead atoms. The first-order chi connectivity index (χ1) is 15.2. The Morgan fingerprint density at radius 3 is 2.16 bits per heavy atom. The maximum absolute atomic E-state index is 13.3. The van der Waals surface area contributed by atoms with Crippen LogP contribution in [0.2, 0.25) is 0 Å². The third-order valence-electron chi connectivity index (χ3n) is 5.80. The van der Waals surface area contributed by atoms with Crippen molar-refractivity contribution in [3.8, 4) is 0 Å². The number of amides is 1. The zero-order valence-electron chi connectivity index (χ0n) is 19.4. The minimum atomic E-state index is -3.57. The van der Waals surface area contributed by atoms with Gasteiger partial charge in [-0.1, -0.05) is 18.9 Å². The zero-order chi connectivity index (χ0) is 23.3. The molecular formula is C24H34N4O3S. The highest BCUT2D eigenvalue weighted by Crippen LogP contribution is 2.26. The van der Waals surface area contributed by atoms with E-state index in [1.807, 2.05) is 56.3 Å². The molecule has 1 aliphatic heterocycles. The van der Waals surface area contributed by atoms with Gasteiger partial charge in [-0.15, -0.1) is 0 Å². The fraction of sp³-hybridized carbons (Fsp3) is 0.458. The molecule has 174 valence electrons. The van der Waals surface area contributed by atoms with Crippen LogP contribution < -0.4 is 15.5 Å². The Labute approximate surface area is 191 Å². The van der Waals surface area contributed by atoms with Gasteiger partial charge in [0.15, 0.2) is 0 Å². The molecule has 1 aliphatic rings. The van der Waals surface area contributed by atoms with Gasteiger partial charge in [-0.25, -0.2) is 8.42 Å². The van der Waals surface area contributed by atoms with Crippen LogP contribution in [0.1, 0.15) is 38.2 Å². The van der Waals surface area contributed by atoms with E-state index in [-0.39, 0.29) is 5.91 Å². The predicted molar refractivity (Wildman–Crippen MR) is 131 cm³/mol. The lowest BCUT2D eigenvalue weighted by atomic mass is 10.2. The zero-order valence-corrected chi connectivity index (χ0v) is 20.2. The van der Waals surface area contributed by atoms with E-state index in [0.717, 1.165) is 31.4 Å². The monoisotopic (exact) mass is 458 g/mol. The molecule has 1 atom stereocenters. The number of hydrogen-bond acceptors (Lipinski definition) is 5. The number of carbonyl (C=O) groups excluding carboxylic acids is 1. The summed E-state index contributed by atoms with van der Waals surface area (Å²) in [6, 6.07) is 12.3. The van der Waals surface area contributed by atoms with Crippen LogP contribution >= 0.6 is 0 Å². The summed E-state index contributed by atoms with van der Waals surface area (Å²) < 4.78 is 28.1. The Bertz CT molecular complexity index is 1030. The predicted octanol–water partition coefficient (Wildman–Crippen LogP) is 4.06. The van der Waals surface area contributed by atoms with E-state index in [4.69, 9.17) is 0 Å². The van der Waals surface area contributed by atoms with Crippen molar-refractivity contribution in [3.05, 3.63) is 48.0 Å². The number of carbonyl (C=O) groups is 1. The number of hydrogen-bond donors (Lipinski definition) is 2. The van der Waals surface area contributed by atoms with Crippen molar-refractivity contribution in [1.29, 1.82) is 0 Å². The van der Waals surface area contributed by atoms with E-state index in [0.29, 0.717) is 34.9 Å². The molecule has 7 nitrogen and oxygen atoms in total. The van der Waals surface area contributed by atoms with E-state index in [2.05, 4.69) is 10.6 Å². The van der Waals surface area contributed by atoms with Crippen LogP contribution in [0.15, 0.2) is 47.4 Å². The topological polar surface area (TPSA) is 81.8 Å². The van der Waals surface area contributed by atoms with Crippen molar-refractivity contribution in [2.24, 2.45) is 0 Å². The third kappa shape index (κ3) is 5.81. The summed E-state index contributed by atoms with van der Waals surface area (Å²) in [6.07, 6.45) is 3.92. The molecular weight excluding hydrogens is 424 g/mol. The first-order valence-corrected chi connectivity index (χ1v) is 12.6. The van der Waals surface area contributed by atoms with Gasteiger partial charge in [-0.2, -0.15) is 4.31 Å². The second-order valence-electron chi connectivity index (χ2n) is 8.60. The molecule has 1 unspecified atom stereocenters. The van der Waals surface area contributed by atoms with E-state index >= 15 is 0 Å². The van der Waals surface area contributed by atoms with Crippen LogP contribution in [-0.2, 0) is 14.8 Å². The van der Waals surface area contributed by atoms with Gasteiger partial charge < -0.3 is 15.5 Å². The molecule has 0 aliphatic carbocycles. The van der Waals surface area contributed by atoms with Crippen molar-refractivity contribution in [2.45, 2.75) is 50.5 Å². The third-order valence-corrected chi connectivity index (χ3v) is 7.84. The summed E-state index contributed by atoms with van der Waals surface area (Å²) in [7, 11) is 0.356. The molecule has 1 amide bonds. The van der Waals surface area contributed by atoms with Crippen LogP contribution in [0.4, 0.5) is 17.1 Å². The number of sulfonamides is 1. The molecule has 1 fully saturated rings. The molecule has 2 aromatic rings. The highest BCUT2D eigenvalue weighted by Gasteiger charge is 2.27. The van der Waals surface area contributed by atoms with Crippen molar-refractivity contribution in [3.63, 3.8) is 0 Å². The second kappa shape index (κ2) is 10.4. The van der Waals surface area contributed by atoms with E-state index < -0.39 is 16.1 Å². The summed E-state index contributed by atoms with van der Waals surface area (Å²) in [5.74, 6) is -0.194. The van der Waals surface area contributed by atoms with Gasteiger partial charge in [0.05, 0.1) is 4.90 Å². The standard InChI is InChI=1S/C24H34N4O3S/c1-18-9-10-21(17-23(18)32(30,31)28-15-7-5-6-8-16-28)25-19(2)24(29)26-20-11-13-22(14-12-20)27(3)4/h9-14,17,19,25H,5-8,15-16H2,1-4H3,(H,26,29). The van der Waals surface area contributed by atoms with Crippen LogP contribution in [0.25, 0.3) is 0 Å². The smallest absolute Gasteiger partial charge is 0.246 e. The van der Waals surface area contributed by atoms with Gasteiger partial charge in [0.25, 0.3) is 0 Å². The lowest BCUT2D eigenvalue weighted by Gasteiger charge is -2.22. The normalized spacial score (nSPS) is 16.1. The summed E-state index contributed by atoms with van der Waals surface area (Å²) in [5, 5.41) is 6.04. The average molecular weight is 459 g/mol. The Morgan fingerprint density at radius 1 is 0.969 bits per heavy atom. The van der Waals surface area contributed by atoms with E-state index in [1.165, 1.54) is 0 Å². The molecule has 8 heteroatoms. The quantitative estimate of drug-likeness (QED) is 0.654. The average Bonchev–Trinajstić information content (AvgIpc) is 3.05. The number of nitrogens with zero attached hydrogens (tertiary/aromatic N) is 2. The molecule has 0 radical (unpaired) electrons. The Balaban J connectivity index is 1.71. The van der Waals surface area contributed by atoms with Crippen molar-refractivity contribution in [1.82, 2.24) is 4.31 Å². The number of rotatable bonds is 7. The molecule has 2 N–H and O–H groups in total. The fourth-order valence-corrected chi connectivity index (χ4v) is 5.57. The highest BCUT2D eigenvalue weighted by atomic mass is 32.2. The van der Waals surface area contributed by atoms with Gasteiger partial charge in [0.1, 0.15) is 6.04 Å². The summed E-state index contributed by atoms with van der Waals surface area (Å²) in [5.41, 5.74) is 3.07. The maximum atomic E-state index is 13.3. The molecule has 2 aromatic carbocycles. The SMILES string of the molecule is Cc1ccc(NC(C)C(=O)Nc2ccc(N(C)C)cc2)cc1S(=O)(=O)N1CCCCCC1. The maximum Gasteiger partial charge on any atom is 0.246 e. The number of benzene rings is 2. The van der Waals surface area contributed by atoms with Crippen molar-refractivity contribution in [2.75, 3.05) is 42.7 Å². The molecule has 1 saturated heterocycles. The largest absolute Gasteiger partial charge is 0.378 e. The molecule has 0 saturated carbocycles. The van der Waals surface area contributed by atoms with Crippen molar-refractivity contribution >= 4 is 33.0 Å². The Hall–Kier alpha value is -2.58. The van der Waals surface area contributed by atoms with Gasteiger partial charge >= 0.3 is 0 Å². The Kier molecular flexibility index (Phi) is 7.79. The number of nitrogens with one attached hydrogen (secondary N) is 2. The number of aryl methyl sites for hydroxylation is 1. The number of anilines is 3. The van der Waals surface area contributed by atoms with Crippen LogP contribution in [0.5, 0.6) is 0 Å². The first-order valence-electron chi connectivity index (χ1n) is 11.1. The van der Waals surface area contributed by atoms with Crippen LogP contribution in [0, 0.1) is 6.92 Å². The van der Waals surface area contributed by atoms with E-state index in [1.54, 1.807) is 23.4 Å². The molecule has 3 rings (SSSR count). The van der Waals surface area contributed by atoms with Crippen LogP contribution in [0.3, 0.4) is 0 Å². The lowest BCUT2D eigenvalue weighted by Crippen LogP contribution is -2.33. The first kappa shape index (κ1) is 24.1. The van der Waals surface area contributed by atoms with Crippen LogP contribution in [-0.4, -0.2) is 51.9 Å². The van der Waals surface area contributed by atoms with Gasteiger partial charge in [0, 0.05) is 44.2 Å². The van der Waals surface area contributed by atoms with Gasteiger partial charge in [-0.3, -0.25) is 4.79 Å². The highest BCUT2D eigenvalue weighted by molar-refractivity contribution is 7.89. The second-order valence-corrected chi connectivity index (χ2v) is 10.5. The minimum absolute atomic E-state index is 0.194.